The Morgan fingerprint density at radius 2 is 1.56 bits per heavy atom. The van der Waals surface area contributed by atoms with E-state index in [0.29, 0.717) is 43.5 Å². The van der Waals surface area contributed by atoms with Crippen LogP contribution in [0.1, 0.15) is 45.5 Å². The third kappa shape index (κ3) is 6.58. The van der Waals surface area contributed by atoms with Gasteiger partial charge in [0.1, 0.15) is 5.75 Å². The van der Waals surface area contributed by atoms with E-state index in [-0.39, 0.29) is 17.3 Å². The first-order valence-corrected chi connectivity index (χ1v) is 8.76. The van der Waals surface area contributed by atoms with Gasteiger partial charge in [-0.05, 0) is 54.8 Å². The number of rotatable bonds is 10. The second kappa shape index (κ2) is 10.1. The van der Waals surface area contributed by atoms with Gasteiger partial charge in [0.05, 0.1) is 12.7 Å². The average Bonchev–Trinajstić information content (AvgIpc) is 2.68. The van der Waals surface area contributed by atoms with Crippen LogP contribution in [0.25, 0.3) is 0 Å². The van der Waals surface area contributed by atoms with Gasteiger partial charge in [-0.1, -0.05) is 12.1 Å². The van der Waals surface area contributed by atoms with Gasteiger partial charge in [-0.3, -0.25) is 9.59 Å². The highest BCUT2D eigenvalue weighted by molar-refractivity contribution is 5.96. The number of amides is 1. The molecule has 2 aromatic rings. The van der Waals surface area contributed by atoms with Crippen LogP contribution in [0, 0.1) is 0 Å². The molecule has 0 aromatic heterocycles. The molecular weight excluding hydrogens is 346 g/mol. The number of ketones is 1. The van der Waals surface area contributed by atoms with Crippen molar-refractivity contribution in [2.45, 2.75) is 25.7 Å². The zero-order valence-corrected chi connectivity index (χ0v) is 15.2. The lowest BCUT2D eigenvalue weighted by Crippen LogP contribution is -2.25. The van der Waals surface area contributed by atoms with E-state index in [0.717, 1.165) is 5.56 Å². The Balaban J connectivity index is 1.65. The number of ether oxygens (including phenoxy) is 1. The molecule has 0 radical (unpaired) electrons. The predicted molar refractivity (Wildman–Crippen MR) is 101 cm³/mol. The summed E-state index contributed by atoms with van der Waals surface area (Å²) in [5, 5.41) is 11.7. The summed E-state index contributed by atoms with van der Waals surface area (Å²) < 4.78 is 5.06. The molecule has 0 aliphatic rings. The fourth-order valence-corrected chi connectivity index (χ4v) is 2.58. The van der Waals surface area contributed by atoms with Gasteiger partial charge in [-0.25, -0.2) is 4.79 Å². The maximum absolute atomic E-state index is 12.1. The molecule has 0 aliphatic heterocycles. The molecule has 2 N–H and O–H groups in total. The summed E-state index contributed by atoms with van der Waals surface area (Å²) in [7, 11) is 1.57. The zero-order valence-electron chi connectivity index (χ0n) is 15.2. The summed E-state index contributed by atoms with van der Waals surface area (Å²) in [4.78, 5) is 34.7. The quantitative estimate of drug-likeness (QED) is 0.628. The lowest BCUT2D eigenvalue weighted by atomic mass is 10.1. The first-order valence-electron chi connectivity index (χ1n) is 8.76. The van der Waals surface area contributed by atoms with Crippen LogP contribution in [-0.4, -0.2) is 36.4 Å². The van der Waals surface area contributed by atoms with Gasteiger partial charge >= 0.3 is 5.97 Å². The van der Waals surface area contributed by atoms with E-state index >= 15 is 0 Å². The third-order valence-corrected chi connectivity index (χ3v) is 4.16. The van der Waals surface area contributed by atoms with E-state index in [1.54, 1.807) is 55.6 Å². The number of nitrogens with one attached hydrogen (secondary N) is 1. The van der Waals surface area contributed by atoms with E-state index in [9.17, 15) is 14.4 Å². The number of methoxy groups -OCH3 is 1. The van der Waals surface area contributed by atoms with Gasteiger partial charge < -0.3 is 15.2 Å². The number of hydrogen-bond donors (Lipinski definition) is 2. The van der Waals surface area contributed by atoms with Crippen molar-refractivity contribution in [2.24, 2.45) is 0 Å². The van der Waals surface area contributed by atoms with Gasteiger partial charge in [-0.15, -0.1) is 0 Å². The minimum atomic E-state index is -0.959. The molecule has 27 heavy (non-hydrogen) atoms. The summed E-state index contributed by atoms with van der Waals surface area (Å²) in [6.07, 6.45) is 1.72. The van der Waals surface area contributed by atoms with Crippen LogP contribution < -0.4 is 10.1 Å². The Kier molecular flexibility index (Phi) is 7.55. The van der Waals surface area contributed by atoms with Crippen molar-refractivity contribution in [2.75, 3.05) is 13.7 Å². The van der Waals surface area contributed by atoms with Crippen molar-refractivity contribution in [1.29, 1.82) is 0 Å². The molecule has 0 spiro atoms. The van der Waals surface area contributed by atoms with Crippen LogP contribution in [0.5, 0.6) is 5.75 Å². The van der Waals surface area contributed by atoms with Crippen LogP contribution >= 0.6 is 0 Å². The average molecular weight is 369 g/mol. The Hall–Kier alpha value is -3.15. The fraction of sp³-hybridized carbons (Fsp3) is 0.286. The highest BCUT2D eigenvalue weighted by Gasteiger charge is 2.08. The van der Waals surface area contributed by atoms with Crippen molar-refractivity contribution < 1.29 is 24.2 Å². The number of carbonyl (C=O) groups excluding carboxylic acids is 2. The van der Waals surface area contributed by atoms with Crippen molar-refractivity contribution in [3.63, 3.8) is 0 Å². The Morgan fingerprint density at radius 3 is 2.15 bits per heavy atom. The molecular formula is C21H23NO5. The maximum atomic E-state index is 12.1. The van der Waals surface area contributed by atoms with E-state index in [2.05, 4.69) is 5.32 Å². The SMILES string of the molecule is COc1ccc(C(=O)CCCC(=O)NCCc2ccc(C(=O)O)cc2)cc1. The van der Waals surface area contributed by atoms with Crippen LogP contribution in [0.2, 0.25) is 0 Å². The van der Waals surface area contributed by atoms with Gasteiger partial charge in [0.2, 0.25) is 5.91 Å². The molecule has 0 unspecified atom stereocenters. The van der Waals surface area contributed by atoms with E-state index in [1.165, 1.54) is 0 Å². The Morgan fingerprint density at radius 1 is 0.926 bits per heavy atom. The molecule has 0 heterocycles. The number of benzene rings is 2. The monoisotopic (exact) mass is 369 g/mol. The summed E-state index contributed by atoms with van der Waals surface area (Å²) in [5.74, 6) is -0.355. The molecule has 0 aliphatic carbocycles. The zero-order chi connectivity index (χ0) is 19.6. The smallest absolute Gasteiger partial charge is 0.335 e. The number of Topliss-reactive ketones (excluding diaryl/α,β-unsaturated/α-hetero) is 1. The number of aromatic carboxylic acids is 1. The molecule has 6 heteroatoms. The topological polar surface area (TPSA) is 92.7 Å². The van der Waals surface area contributed by atoms with Crippen LogP contribution in [-0.2, 0) is 11.2 Å². The van der Waals surface area contributed by atoms with Crippen LogP contribution in [0.3, 0.4) is 0 Å². The minimum absolute atomic E-state index is 0.00368. The number of carboxylic acid groups (broad SMARTS) is 1. The van der Waals surface area contributed by atoms with Crippen LogP contribution in [0.4, 0.5) is 0 Å². The van der Waals surface area contributed by atoms with E-state index in [4.69, 9.17) is 9.84 Å². The first-order chi connectivity index (χ1) is 13.0. The van der Waals surface area contributed by atoms with Crippen molar-refractivity contribution in [3.05, 3.63) is 65.2 Å². The Bertz CT molecular complexity index is 781. The normalized spacial score (nSPS) is 10.3. The standard InChI is InChI=1S/C21H23NO5/c1-27-18-11-9-16(10-12-18)19(23)3-2-4-20(24)22-14-13-15-5-7-17(8-6-15)21(25)26/h5-12H,2-4,13-14H2,1H3,(H,22,24)(H,25,26). The van der Waals surface area contributed by atoms with Crippen molar-refractivity contribution >= 4 is 17.7 Å². The molecule has 0 atom stereocenters. The molecule has 2 rings (SSSR count). The molecule has 1 amide bonds. The second-order valence-electron chi connectivity index (χ2n) is 6.11. The highest BCUT2D eigenvalue weighted by atomic mass is 16.5. The molecule has 6 nitrogen and oxygen atoms in total. The van der Waals surface area contributed by atoms with E-state index in [1.807, 2.05) is 0 Å². The number of hydrogen-bond acceptors (Lipinski definition) is 4. The van der Waals surface area contributed by atoms with Crippen molar-refractivity contribution in [1.82, 2.24) is 5.32 Å². The summed E-state index contributed by atoms with van der Waals surface area (Å²) in [6, 6.07) is 13.5. The van der Waals surface area contributed by atoms with Gasteiger partial charge in [0.25, 0.3) is 0 Å². The summed E-state index contributed by atoms with van der Waals surface area (Å²) in [6.45, 7) is 0.470. The Labute approximate surface area is 158 Å². The molecule has 0 saturated heterocycles. The van der Waals surface area contributed by atoms with Gasteiger partial charge in [0, 0.05) is 24.9 Å². The van der Waals surface area contributed by atoms with Crippen LogP contribution in [0.15, 0.2) is 48.5 Å². The molecule has 0 saturated carbocycles. The summed E-state index contributed by atoms with van der Waals surface area (Å²) in [5.41, 5.74) is 1.81. The number of carboxylic acids is 1. The lowest BCUT2D eigenvalue weighted by molar-refractivity contribution is -0.121. The van der Waals surface area contributed by atoms with Crippen molar-refractivity contribution in [3.8, 4) is 5.75 Å². The predicted octanol–water partition coefficient (Wildman–Crippen LogP) is 3.11. The molecule has 2 aromatic carbocycles. The van der Waals surface area contributed by atoms with E-state index < -0.39 is 5.97 Å². The molecule has 142 valence electrons. The highest BCUT2D eigenvalue weighted by Crippen LogP contribution is 2.13. The van der Waals surface area contributed by atoms with Gasteiger partial charge in [0.15, 0.2) is 5.78 Å². The lowest BCUT2D eigenvalue weighted by Gasteiger charge is -2.06. The second-order valence-corrected chi connectivity index (χ2v) is 6.11. The fourth-order valence-electron chi connectivity index (χ4n) is 2.58. The largest absolute Gasteiger partial charge is 0.497 e. The third-order valence-electron chi connectivity index (χ3n) is 4.16. The number of carbonyl (C=O) groups is 3. The summed E-state index contributed by atoms with van der Waals surface area (Å²) >= 11 is 0. The molecule has 0 fully saturated rings. The minimum Gasteiger partial charge on any atom is -0.497 e. The maximum Gasteiger partial charge on any atom is 0.335 e. The van der Waals surface area contributed by atoms with Gasteiger partial charge in [-0.2, -0.15) is 0 Å². The molecule has 0 bridgehead atoms. The first kappa shape index (κ1) is 20.2.